The maximum Gasteiger partial charge on any atom is 0.146 e. The lowest BCUT2D eigenvalue weighted by Gasteiger charge is -2.10. The van der Waals surface area contributed by atoms with Crippen LogP contribution in [0.4, 0.5) is 10.1 Å². The van der Waals surface area contributed by atoms with Crippen LogP contribution in [0.25, 0.3) is 0 Å². The lowest BCUT2D eigenvalue weighted by molar-refractivity contribution is 0.630. The molecule has 3 heteroatoms. The minimum atomic E-state index is -0.248. The van der Waals surface area contributed by atoms with Gasteiger partial charge in [0.15, 0.2) is 0 Å². The summed E-state index contributed by atoms with van der Waals surface area (Å²) < 4.78 is 13.4. The van der Waals surface area contributed by atoms with E-state index in [1.54, 1.807) is 18.2 Å². The molecule has 2 aromatic rings. The average molecular weight is 229 g/mol. The fraction of sp³-hybridized carbons (Fsp3) is 0.143. The number of rotatable bonds is 4. The van der Waals surface area contributed by atoms with Crippen molar-refractivity contribution in [3.8, 4) is 0 Å². The fourth-order valence-electron chi connectivity index (χ4n) is 1.66. The molecule has 0 aromatic heterocycles. The smallest absolute Gasteiger partial charge is 0.146 e. The molecule has 0 atom stereocenters. The summed E-state index contributed by atoms with van der Waals surface area (Å²) in [7, 11) is 0. The SMILES string of the molecule is NCc1[c]cccc1CNc1ccccc1F. The third kappa shape index (κ3) is 2.82. The van der Waals surface area contributed by atoms with Gasteiger partial charge in [0.05, 0.1) is 5.69 Å². The molecule has 17 heavy (non-hydrogen) atoms. The van der Waals surface area contributed by atoms with Crippen molar-refractivity contribution in [1.82, 2.24) is 0 Å². The Morgan fingerprint density at radius 2 is 2.00 bits per heavy atom. The van der Waals surface area contributed by atoms with E-state index in [1.165, 1.54) is 6.07 Å². The maximum absolute atomic E-state index is 13.4. The highest BCUT2D eigenvalue weighted by Gasteiger charge is 2.02. The van der Waals surface area contributed by atoms with Crippen LogP contribution in [-0.2, 0) is 13.1 Å². The quantitative estimate of drug-likeness (QED) is 0.846. The maximum atomic E-state index is 13.4. The lowest BCUT2D eigenvalue weighted by Crippen LogP contribution is -2.07. The zero-order chi connectivity index (χ0) is 12.1. The first-order valence-corrected chi connectivity index (χ1v) is 5.48. The van der Waals surface area contributed by atoms with Crippen LogP contribution in [0, 0.1) is 11.9 Å². The van der Waals surface area contributed by atoms with Gasteiger partial charge in [0.1, 0.15) is 5.82 Å². The molecule has 0 aliphatic carbocycles. The summed E-state index contributed by atoms with van der Waals surface area (Å²) in [6.07, 6.45) is 0. The third-order valence-electron chi connectivity index (χ3n) is 2.59. The number of hydrogen-bond acceptors (Lipinski definition) is 2. The second-order valence-corrected chi connectivity index (χ2v) is 3.71. The Hall–Kier alpha value is -1.87. The number of benzene rings is 2. The summed E-state index contributed by atoms with van der Waals surface area (Å²) in [6, 6.07) is 15.4. The molecule has 0 saturated carbocycles. The second kappa shape index (κ2) is 5.46. The van der Waals surface area contributed by atoms with Gasteiger partial charge in [-0.25, -0.2) is 4.39 Å². The molecule has 0 amide bonds. The van der Waals surface area contributed by atoms with Gasteiger partial charge >= 0.3 is 0 Å². The van der Waals surface area contributed by atoms with Crippen LogP contribution < -0.4 is 11.1 Å². The van der Waals surface area contributed by atoms with Gasteiger partial charge in [0, 0.05) is 13.1 Å². The average Bonchev–Trinajstić information content (AvgIpc) is 2.38. The van der Waals surface area contributed by atoms with Crippen molar-refractivity contribution in [3.05, 3.63) is 65.5 Å². The van der Waals surface area contributed by atoms with Crippen molar-refractivity contribution in [2.45, 2.75) is 13.1 Å². The number of hydrogen-bond donors (Lipinski definition) is 2. The number of halogens is 1. The first kappa shape index (κ1) is 11.6. The molecular formula is C14H14FN2. The summed E-state index contributed by atoms with van der Waals surface area (Å²) in [5, 5.41) is 3.05. The van der Waals surface area contributed by atoms with Crippen LogP contribution in [0.3, 0.4) is 0 Å². The Bertz CT molecular complexity index is 497. The molecule has 2 rings (SSSR count). The normalized spacial score (nSPS) is 10.2. The summed E-state index contributed by atoms with van der Waals surface area (Å²) in [5.74, 6) is -0.248. The predicted octanol–water partition coefficient (Wildman–Crippen LogP) is 2.70. The molecule has 3 N–H and O–H groups in total. The largest absolute Gasteiger partial charge is 0.379 e. The van der Waals surface area contributed by atoms with Crippen LogP contribution >= 0.6 is 0 Å². The van der Waals surface area contributed by atoms with Gasteiger partial charge in [-0.2, -0.15) is 0 Å². The van der Waals surface area contributed by atoms with Crippen molar-refractivity contribution in [3.63, 3.8) is 0 Å². The summed E-state index contributed by atoms with van der Waals surface area (Å²) in [4.78, 5) is 0. The number of nitrogens with two attached hydrogens (primary N) is 1. The van der Waals surface area contributed by atoms with Crippen molar-refractivity contribution in [2.24, 2.45) is 5.73 Å². The third-order valence-corrected chi connectivity index (χ3v) is 2.59. The number of nitrogens with one attached hydrogen (secondary N) is 1. The Morgan fingerprint density at radius 3 is 2.76 bits per heavy atom. The topological polar surface area (TPSA) is 38.0 Å². The Kier molecular flexibility index (Phi) is 3.73. The molecule has 0 fully saturated rings. The highest BCUT2D eigenvalue weighted by Crippen LogP contribution is 2.15. The van der Waals surface area contributed by atoms with Gasteiger partial charge in [-0.1, -0.05) is 30.3 Å². The van der Waals surface area contributed by atoms with Crippen LogP contribution in [0.5, 0.6) is 0 Å². The van der Waals surface area contributed by atoms with E-state index in [1.807, 2.05) is 18.2 Å². The van der Waals surface area contributed by atoms with E-state index in [2.05, 4.69) is 11.4 Å². The second-order valence-electron chi connectivity index (χ2n) is 3.71. The van der Waals surface area contributed by atoms with Crippen LogP contribution in [0.1, 0.15) is 11.1 Å². The molecule has 0 heterocycles. The van der Waals surface area contributed by atoms with Gasteiger partial charge in [0.2, 0.25) is 0 Å². The first-order valence-electron chi connectivity index (χ1n) is 5.48. The highest BCUT2D eigenvalue weighted by atomic mass is 19.1. The summed E-state index contributed by atoms with van der Waals surface area (Å²) >= 11 is 0. The molecule has 2 nitrogen and oxygen atoms in total. The molecule has 0 spiro atoms. The van der Waals surface area contributed by atoms with Crippen LogP contribution in [0.2, 0.25) is 0 Å². The van der Waals surface area contributed by atoms with Gasteiger partial charge in [-0.05, 0) is 29.3 Å². The van der Waals surface area contributed by atoms with E-state index in [9.17, 15) is 4.39 Å². The van der Waals surface area contributed by atoms with Crippen LogP contribution in [-0.4, -0.2) is 0 Å². The van der Waals surface area contributed by atoms with Crippen molar-refractivity contribution < 1.29 is 4.39 Å². The van der Waals surface area contributed by atoms with Gasteiger partial charge < -0.3 is 11.1 Å². The van der Waals surface area contributed by atoms with E-state index < -0.39 is 0 Å². The van der Waals surface area contributed by atoms with Gasteiger partial charge in [-0.3, -0.25) is 0 Å². The standard InChI is InChI=1S/C14H14FN2/c15-13-7-3-4-8-14(13)17-10-12-6-2-1-5-11(12)9-16/h1-4,6-8,17H,9-10,16H2. The molecule has 0 aliphatic heterocycles. The molecule has 2 aromatic carbocycles. The number of anilines is 1. The lowest BCUT2D eigenvalue weighted by atomic mass is 10.1. The van der Waals surface area contributed by atoms with Gasteiger partial charge in [-0.15, -0.1) is 0 Å². The Labute approximate surface area is 100 Å². The summed E-state index contributed by atoms with van der Waals surface area (Å²) in [5.41, 5.74) is 8.11. The number of para-hydroxylation sites is 1. The van der Waals surface area contributed by atoms with Crippen molar-refractivity contribution in [1.29, 1.82) is 0 Å². The van der Waals surface area contributed by atoms with E-state index in [0.29, 0.717) is 18.8 Å². The molecule has 0 aliphatic rings. The molecule has 87 valence electrons. The van der Waals surface area contributed by atoms with E-state index >= 15 is 0 Å². The monoisotopic (exact) mass is 229 g/mol. The minimum absolute atomic E-state index is 0.248. The fourth-order valence-corrected chi connectivity index (χ4v) is 1.66. The Balaban J connectivity index is 2.10. The van der Waals surface area contributed by atoms with Crippen molar-refractivity contribution in [2.75, 3.05) is 5.32 Å². The van der Waals surface area contributed by atoms with E-state index in [0.717, 1.165) is 11.1 Å². The van der Waals surface area contributed by atoms with Crippen LogP contribution in [0.15, 0.2) is 42.5 Å². The van der Waals surface area contributed by atoms with Gasteiger partial charge in [0.25, 0.3) is 0 Å². The van der Waals surface area contributed by atoms with Crippen molar-refractivity contribution >= 4 is 5.69 Å². The first-order chi connectivity index (χ1) is 8.31. The summed E-state index contributed by atoms with van der Waals surface area (Å²) in [6.45, 7) is 0.986. The molecule has 0 bridgehead atoms. The minimum Gasteiger partial charge on any atom is -0.379 e. The van der Waals surface area contributed by atoms with E-state index in [4.69, 9.17) is 5.73 Å². The predicted molar refractivity (Wildman–Crippen MR) is 66.9 cm³/mol. The molecular weight excluding hydrogens is 215 g/mol. The molecule has 0 saturated heterocycles. The molecule has 0 unspecified atom stereocenters. The highest BCUT2D eigenvalue weighted by molar-refractivity contribution is 5.45. The van der Waals surface area contributed by atoms with E-state index in [-0.39, 0.29) is 5.82 Å². The Morgan fingerprint density at radius 1 is 1.18 bits per heavy atom. The zero-order valence-corrected chi connectivity index (χ0v) is 9.41. The zero-order valence-electron chi connectivity index (χ0n) is 9.41. The molecule has 1 radical (unpaired) electrons.